The topological polar surface area (TPSA) is 212 Å². The summed E-state index contributed by atoms with van der Waals surface area (Å²) in [6.45, 7) is 0.743. The molecular weight excluding hydrogens is 359 g/mol. The first kappa shape index (κ1) is 17.9. The molecule has 138 valence electrons. The predicted molar refractivity (Wildman–Crippen MR) is 83.1 cm³/mol. The molecule has 3 heterocycles. The Hall–Kier alpha value is -1.86. The van der Waals surface area contributed by atoms with Crippen molar-refractivity contribution in [1.82, 2.24) is 19.5 Å². The van der Waals surface area contributed by atoms with Gasteiger partial charge < -0.3 is 25.6 Å². The summed E-state index contributed by atoms with van der Waals surface area (Å²) in [6, 6.07) is 0. The van der Waals surface area contributed by atoms with Gasteiger partial charge in [-0.25, -0.2) is 15.1 Å². The number of hydrogen-bond acceptors (Lipinski definition) is 9. The van der Waals surface area contributed by atoms with Crippen LogP contribution in [0.2, 0.25) is 0 Å². The summed E-state index contributed by atoms with van der Waals surface area (Å²) in [5, 5.41) is 20.9. The number of rotatable bonds is 4. The zero-order chi connectivity index (χ0) is 18.6. The lowest BCUT2D eigenvalue weighted by atomic mass is 9.96. The lowest BCUT2D eigenvalue weighted by molar-refractivity contribution is -0.0948. The normalized spacial score (nSPS) is 32.1. The predicted octanol–water partition coefficient (Wildman–Crippen LogP) is -2.21. The largest absolute Gasteiger partial charge is 0.400 e. The maximum Gasteiger partial charge on any atom is 0.400 e. The van der Waals surface area contributed by atoms with Crippen molar-refractivity contribution in [2.24, 2.45) is 5.50 Å². The van der Waals surface area contributed by atoms with Crippen molar-refractivity contribution in [2.45, 2.75) is 31.0 Å². The summed E-state index contributed by atoms with van der Waals surface area (Å²) in [5.74, 6) is -0.165. The molecule has 1 aliphatic rings. The number of aromatic nitrogens is 4. The second kappa shape index (κ2) is 5.85. The summed E-state index contributed by atoms with van der Waals surface area (Å²) in [6.07, 6.45) is -2.67. The van der Waals surface area contributed by atoms with Gasteiger partial charge in [-0.15, -0.1) is 0 Å². The molecule has 0 radical (unpaired) electrons. The molecule has 0 aromatic carbocycles. The van der Waals surface area contributed by atoms with E-state index in [9.17, 15) is 19.6 Å². The van der Waals surface area contributed by atoms with Crippen LogP contribution in [0.25, 0.3) is 11.2 Å². The Balaban J connectivity index is 1.97. The fourth-order valence-electron chi connectivity index (χ4n) is 2.67. The highest BCUT2D eigenvalue weighted by Gasteiger charge is 2.53. The molecular formula is C11H17N6O7P. The maximum absolute atomic E-state index is 11.8. The lowest BCUT2D eigenvalue weighted by Gasteiger charge is -2.27. The van der Waals surface area contributed by atoms with E-state index in [1.165, 1.54) is 17.8 Å². The molecule has 1 aliphatic heterocycles. The van der Waals surface area contributed by atoms with Gasteiger partial charge in [0.1, 0.15) is 17.8 Å². The van der Waals surface area contributed by atoms with Crippen LogP contribution in [-0.4, -0.2) is 59.0 Å². The van der Waals surface area contributed by atoms with Gasteiger partial charge in [-0.1, -0.05) is 0 Å². The Kier molecular flexibility index (Phi) is 4.20. The van der Waals surface area contributed by atoms with Crippen LogP contribution in [0.5, 0.6) is 0 Å². The van der Waals surface area contributed by atoms with Gasteiger partial charge in [0.2, 0.25) is 5.95 Å². The van der Waals surface area contributed by atoms with Crippen LogP contribution < -0.4 is 16.8 Å². The van der Waals surface area contributed by atoms with Crippen LogP contribution >= 0.6 is 7.75 Å². The minimum absolute atomic E-state index is 0.0342. The zero-order valence-corrected chi connectivity index (χ0v) is 13.8. The van der Waals surface area contributed by atoms with Crippen molar-refractivity contribution < 1.29 is 28.9 Å². The first-order chi connectivity index (χ1) is 11.5. The van der Waals surface area contributed by atoms with Gasteiger partial charge in [0.25, 0.3) is 5.56 Å². The van der Waals surface area contributed by atoms with Crippen LogP contribution in [0.1, 0.15) is 13.2 Å². The molecule has 0 bridgehead atoms. The van der Waals surface area contributed by atoms with Gasteiger partial charge in [-0.3, -0.25) is 18.9 Å². The van der Waals surface area contributed by atoms with Crippen molar-refractivity contribution in [1.29, 1.82) is 0 Å². The molecule has 13 nitrogen and oxygen atoms in total. The van der Waals surface area contributed by atoms with Crippen LogP contribution in [0, 0.1) is 0 Å². The lowest BCUT2D eigenvalue weighted by Crippen LogP contribution is -2.44. The van der Waals surface area contributed by atoms with Gasteiger partial charge in [-0.2, -0.15) is 4.98 Å². The Morgan fingerprint density at radius 1 is 1.60 bits per heavy atom. The smallest absolute Gasteiger partial charge is 0.387 e. The minimum atomic E-state index is -4.28. The average molecular weight is 376 g/mol. The summed E-state index contributed by atoms with van der Waals surface area (Å²) in [5.41, 5.74) is 7.96. The van der Waals surface area contributed by atoms with Gasteiger partial charge in [0.15, 0.2) is 17.4 Å². The van der Waals surface area contributed by atoms with E-state index < -0.39 is 43.9 Å². The quantitative estimate of drug-likeness (QED) is 0.315. The van der Waals surface area contributed by atoms with E-state index in [0.29, 0.717) is 0 Å². The second-order valence-electron chi connectivity index (χ2n) is 5.83. The van der Waals surface area contributed by atoms with Crippen LogP contribution in [0.15, 0.2) is 11.1 Å². The number of aliphatic hydroxyl groups is 2. The Morgan fingerprint density at radius 2 is 2.28 bits per heavy atom. The molecule has 5 unspecified atom stereocenters. The first-order valence-electron chi connectivity index (χ1n) is 7.05. The molecule has 2 aromatic heterocycles. The molecule has 1 saturated heterocycles. The van der Waals surface area contributed by atoms with Crippen LogP contribution in [0.3, 0.4) is 0 Å². The van der Waals surface area contributed by atoms with Gasteiger partial charge in [-0.05, 0) is 6.92 Å². The number of H-pyrrole nitrogens is 1. The number of ether oxygens (including phenoxy) is 1. The molecule has 8 N–H and O–H groups in total. The summed E-state index contributed by atoms with van der Waals surface area (Å²) in [4.78, 5) is 31.0. The number of imidazole rings is 1. The monoisotopic (exact) mass is 376 g/mol. The van der Waals surface area contributed by atoms with Gasteiger partial charge in [0, 0.05) is 0 Å². The Morgan fingerprint density at radius 3 is 2.92 bits per heavy atom. The molecule has 0 amide bonds. The number of aliphatic hydroxyl groups excluding tert-OH is 1. The standard InChI is InChI=1S/C11H17N6O7P/c1-11(20)6(18)4(2-23-25(13,21)22)24-9(11)17-3-14-5-7(17)15-10(12)16-8(5)19/h3-4,6,9,18,20H,2H2,1H3,(H3,13,21,22)(H3,12,15,16,19). The minimum Gasteiger partial charge on any atom is -0.387 e. The van der Waals surface area contributed by atoms with E-state index in [2.05, 4.69) is 19.5 Å². The van der Waals surface area contributed by atoms with Crippen molar-refractivity contribution in [3.05, 3.63) is 16.7 Å². The van der Waals surface area contributed by atoms with E-state index in [4.69, 9.17) is 20.9 Å². The SMILES string of the molecule is CC1(O)C(O)C(COP(N)(=O)O)OC1n1cnc2c(=O)[nH]c(N)nc21. The third-order valence-electron chi connectivity index (χ3n) is 3.88. The molecule has 14 heteroatoms. The highest BCUT2D eigenvalue weighted by atomic mass is 31.2. The van der Waals surface area contributed by atoms with E-state index in [1.807, 2.05) is 0 Å². The fraction of sp³-hybridized carbons (Fsp3) is 0.545. The second-order valence-corrected chi connectivity index (χ2v) is 7.22. The highest BCUT2D eigenvalue weighted by molar-refractivity contribution is 7.50. The maximum atomic E-state index is 11.8. The van der Waals surface area contributed by atoms with E-state index in [1.54, 1.807) is 0 Å². The number of nitrogens with zero attached hydrogens (tertiary/aromatic N) is 3. The molecule has 0 spiro atoms. The third-order valence-corrected chi connectivity index (χ3v) is 4.40. The van der Waals surface area contributed by atoms with Crippen molar-refractivity contribution in [2.75, 3.05) is 12.3 Å². The van der Waals surface area contributed by atoms with Gasteiger partial charge >= 0.3 is 7.75 Å². The van der Waals surface area contributed by atoms with Crippen LogP contribution in [-0.2, 0) is 13.8 Å². The number of aromatic amines is 1. The number of nitrogens with two attached hydrogens (primary N) is 2. The molecule has 3 rings (SSSR count). The van der Waals surface area contributed by atoms with E-state index >= 15 is 0 Å². The summed E-state index contributed by atoms with van der Waals surface area (Å²) < 4.78 is 22.3. The molecule has 0 saturated carbocycles. The number of nitrogen functional groups attached to an aromatic ring is 1. The van der Waals surface area contributed by atoms with Crippen molar-refractivity contribution in [3.63, 3.8) is 0 Å². The van der Waals surface area contributed by atoms with E-state index in [0.717, 1.165) is 0 Å². The number of nitrogens with one attached hydrogen (secondary N) is 1. The van der Waals surface area contributed by atoms with Crippen molar-refractivity contribution >= 4 is 24.9 Å². The molecule has 25 heavy (non-hydrogen) atoms. The zero-order valence-electron chi connectivity index (χ0n) is 12.9. The van der Waals surface area contributed by atoms with E-state index in [-0.39, 0.29) is 17.1 Å². The highest BCUT2D eigenvalue weighted by Crippen LogP contribution is 2.41. The first-order valence-corrected chi connectivity index (χ1v) is 8.69. The molecule has 5 atom stereocenters. The average Bonchev–Trinajstić information content (AvgIpc) is 2.97. The van der Waals surface area contributed by atoms with Gasteiger partial charge in [0.05, 0.1) is 12.9 Å². The fourth-order valence-corrected chi connectivity index (χ4v) is 3.03. The van der Waals surface area contributed by atoms with Crippen LogP contribution in [0.4, 0.5) is 5.95 Å². The molecule has 2 aromatic rings. The number of anilines is 1. The molecule has 1 fully saturated rings. The van der Waals surface area contributed by atoms with Crippen molar-refractivity contribution in [3.8, 4) is 0 Å². The third kappa shape index (κ3) is 3.18. The number of hydrogen-bond donors (Lipinski definition) is 6. The molecule has 0 aliphatic carbocycles. The number of fused-ring (bicyclic) bond motifs is 1. The summed E-state index contributed by atoms with van der Waals surface area (Å²) in [7, 11) is -4.28. The Labute approximate surface area is 139 Å². The summed E-state index contributed by atoms with van der Waals surface area (Å²) >= 11 is 0. The Bertz CT molecular complexity index is 904.